The zero-order valence-electron chi connectivity index (χ0n) is 10.6. The lowest BCUT2D eigenvalue weighted by Crippen LogP contribution is -2.25. The van der Waals surface area contributed by atoms with Gasteiger partial charge in [0.25, 0.3) is 0 Å². The van der Waals surface area contributed by atoms with E-state index in [-0.39, 0.29) is 0 Å². The molecular weight excluding hydrogens is 230 g/mol. The fraction of sp³-hybridized carbons (Fsp3) is 0.462. The molecule has 0 aliphatic carbocycles. The van der Waals surface area contributed by atoms with Gasteiger partial charge in [-0.25, -0.2) is 4.98 Å². The highest BCUT2D eigenvalue weighted by Gasteiger charge is 2.16. The van der Waals surface area contributed by atoms with Gasteiger partial charge >= 0.3 is 0 Å². The lowest BCUT2D eigenvalue weighted by atomic mass is 10.0. The van der Waals surface area contributed by atoms with Gasteiger partial charge in [-0.05, 0) is 17.4 Å². The molecule has 0 spiro atoms. The third-order valence-electron chi connectivity index (χ3n) is 2.94. The normalized spacial score (nSPS) is 13.2. The molecule has 0 saturated carbocycles. The van der Waals surface area contributed by atoms with Crippen LogP contribution in [-0.2, 0) is 13.6 Å². The van der Waals surface area contributed by atoms with E-state index in [0.29, 0.717) is 12.0 Å². The van der Waals surface area contributed by atoms with Crippen LogP contribution in [0.3, 0.4) is 0 Å². The number of hydrogen-bond donors (Lipinski definition) is 1. The second-order valence-electron chi connectivity index (χ2n) is 4.61. The van der Waals surface area contributed by atoms with E-state index in [4.69, 9.17) is 0 Å². The van der Waals surface area contributed by atoms with Gasteiger partial charge in [0.2, 0.25) is 0 Å². The summed E-state index contributed by atoms with van der Waals surface area (Å²) in [6.07, 6.45) is 3.76. The first-order chi connectivity index (χ1) is 8.18. The van der Waals surface area contributed by atoms with Crippen molar-refractivity contribution in [1.82, 2.24) is 14.9 Å². The number of imidazole rings is 1. The third-order valence-corrected chi connectivity index (χ3v) is 3.89. The maximum absolute atomic E-state index is 4.13. The largest absolute Gasteiger partial charge is 0.337 e. The van der Waals surface area contributed by atoms with Crippen molar-refractivity contribution in [3.05, 3.63) is 40.6 Å². The Morgan fingerprint density at radius 2 is 2.29 bits per heavy atom. The molecule has 4 heteroatoms. The fourth-order valence-electron chi connectivity index (χ4n) is 1.90. The number of nitrogens with zero attached hydrogens (tertiary/aromatic N) is 2. The fourth-order valence-corrected chi connectivity index (χ4v) is 2.88. The quantitative estimate of drug-likeness (QED) is 0.883. The summed E-state index contributed by atoms with van der Waals surface area (Å²) < 4.78 is 2.05. The smallest absolute Gasteiger partial charge is 0.0945 e. The molecule has 2 heterocycles. The summed E-state index contributed by atoms with van der Waals surface area (Å²) in [6.45, 7) is 5.36. The molecule has 2 aromatic rings. The molecular formula is C13H19N3S. The number of rotatable bonds is 5. The molecule has 2 aromatic heterocycles. The standard InChI is InChI=1S/C13H19N3S/c1-10(2)13(12-5-4-6-17-12)15-8-11-7-14-9-16(11)3/h4-7,9-10,13,15H,8H2,1-3H3. The van der Waals surface area contributed by atoms with Crippen LogP contribution in [0.1, 0.15) is 30.5 Å². The summed E-state index contributed by atoms with van der Waals surface area (Å²) in [5.74, 6) is 0.585. The molecule has 2 rings (SSSR count). The van der Waals surface area contributed by atoms with Gasteiger partial charge in [0.15, 0.2) is 0 Å². The van der Waals surface area contributed by atoms with E-state index in [1.165, 1.54) is 10.6 Å². The second kappa shape index (κ2) is 5.47. The van der Waals surface area contributed by atoms with Crippen LogP contribution < -0.4 is 5.32 Å². The van der Waals surface area contributed by atoms with Gasteiger partial charge in [-0.2, -0.15) is 0 Å². The van der Waals surface area contributed by atoms with Crippen LogP contribution in [0.5, 0.6) is 0 Å². The van der Waals surface area contributed by atoms with Crippen molar-refractivity contribution in [3.63, 3.8) is 0 Å². The van der Waals surface area contributed by atoms with Crippen molar-refractivity contribution in [2.24, 2.45) is 13.0 Å². The molecule has 17 heavy (non-hydrogen) atoms. The van der Waals surface area contributed by atoms with Crippen LogP contribution in [0.15, 0.2) is 30.0 Å². The first-order valence-corrected chi connectivity index (χ1v) is 6.78. The van der Waals surface area contributed by atoms with Crippen molar-refractivity contribution in [3.8, 4) is 0 Å². The number of hydrogen-bond acceptors (Lipinski definition) is 3. The van der Waals surface area contributed by atoms with Gasteiger partial charge in [0.1, 0.15) is 0 Å². The lowest BCUT2D eigenvalue weighted by Gasteiger charge is -2.21. The van der Waals surface area contributed by atoms with Crippen LogP contribution in [0.25, 0.3) is 0 Å². The van der Waals surface area contributed by atoms with Gasteiger partial charge in [-0.1, -0.05) is 19.9 Å². The van der Waals surface area contributed by atoms with E-state index in [1.54, 1.807) is 0 Å². The summed E-state index contributed by atoms with van der Waals surface area (Å²) in [7, 11) is 2.03. The summed E-state index contributed by atoms with van der Waals surface area (Å²) in [5, 5.41) is 5.75. The first-order valence-electron chi connectivity index (χ1n) is 5.90. The molecule has 1 atom stereocenters. The van der Waals surface area contributed by atoms with Gasteiger partial charge in [0.05, 0.1) is 12.0 Å². The van der Waals surface area contributed by atoms with E-state index >= 15 is 0 Å². The van der Waals surface area contributed by atoms with Gasteiger partial charge < -0.3 is 9.88 Å². The highest BCUT2D eigenvalue weighted by Crippen LogP contribution is 2.25. The van der Waals surface area contributed by atoms with E-state index in [1.807, 2.05) is 30.9 Å². The Morgan fingerprint density at radius 1 is 1.47 bits per heavy atom. The Hall–Kier alpha value is -1.13. The molecule has 3 nitrogen and oxygen atoms in total. The first kappa shape index (κ1) is 12.3. The summed E-state index contributed by atoms with van der Waals surface area (Å²) in [5.41, 5.74) is 1.22. The molecule has 92 valence electrons. The number of thiophene rings is 1. The van der Waals surface area contributed by atoms with Crippen molar-refractivity contribution >= 4 is 11.3 Å². The Balaban J connectivity index is 2.02. The van der Waals surface area contributed by atoms with Crippen molar-refractivity contribution in [1.29, 1.82) is 0 Å². The van der Waals surface area contributed by atoms with Crippen LogP contribution in [-0.4, -0.2) is 9.55 Å². The Morgan fingerprint density at radius 3 is 2.82 bits per heavy atom. The van der Waals surface area contributed by atoms with Crippen molar-refractivity contribution < 1.29 is 0 Å². The van der Waals surface area contributed by atoms with Crippen LogP contribution in [0, 0.1) is 5.92 Å². The van der Waals surface area contributed by atoms with E-state index < -0.39 is 0 Å². The minimum atomic E-state index is 0.421. The lowest BCUT2D eigenvalue weighted by molar-refractivity contribution is 0.412. The van der Waals surface area contributed by atoms with Gasteiger partial charge in [0, 0.05) is 30.7 Å². The predicted octanol–water partition coefficient (Wildman–Crippen LogP) is 2.97. The van der Waals surface area contributed by atoms with E-state index in [2.05, 4.69) is 46.2 Å². The Labute approximate surface area is 107 Å². The van der Waals surface area contributed by atoms with Gasteiger partial charge in [-0.15, -0.1) is 11.3 Å². The van der Waals surface area contributed by atoms with Gasteiger partial charge in [-0.3, -0.25) is 0 Å². The molecule has 0 radical (unpaired) electrons. The SMILES string of the molecule is CC(C)C(NCc1cncn1C)c1cccs1. The number of aromatic nitrogens is 2. The van der Waals surface area contributed by atoms with Crippen molar-refractivity contribution in [2.75, 3.05) is 0 Å². The predicted molar refractivity (Wildman–Crippen MR) is 71.9 cm³/mol. The monoisotopic (exact) mass is 249 g/mol. The molecule has 0 saturated heterocycles. The molecule has 1 unspecified atom stereocenters. The molecule has 0 bridgehead atoms. The zero-order chi connectivity index (χ0) is 12.3. The minimum Gasteiger partial charge on any atom is -0.337 e. The third kappa shape index (κ3) is 2.96. The topological polar surface area (TPSA) is 29.9 Å². The van der Waals surface area contributed by atoms with Crippen LogP contribution in [0.2, 0.25) is 0 Å². The molecule has 0 aliphatic rings. The molecule has 0 aromatic carbocycles. The minimum absolute atomic E-state index is 0.421. The molecule has 1 N–H and O–H groups in total. The molecule has 0 aliphatic heterocycles. The Bertz CT molecular complexity index is 445. The highest BCUT2D eigenvalue weighted by atomic mass is 32.1. The van der Waals surface area contributed by atoms with Crippen molar-refractivity contribution in [2.45, 2.75) is 26.4 Å². The highest BCUT2D eigenvalue weighted by molar-refractivity contribution is 7.10. The zero-order valence-corrected chi connectivity index (χ0v) is 11.4. The van der Waals surface area contributed by atoms with Crippen LogP contribution >= 0.6 is 11.3 Å². The maximum Gasteiger partial charge on any atom is 0.0945 e. The average molecular weight is 249 g/mol. The molecule has 0 fully saturated rings. The van der Waals surface area contributed by atoms with E-state index in [9.17, 15) is 0 Å². The second-order valence-corrected chi connectivity index (χ2v) is 5.59. The maximum atomic E-state index is 4.13. The average Bonchev–Trinajstić information content (AvgIpc) is 2.91. The van der Waals surface area contributed by atoms with Crippen LogP contribution in [0.4, 0.5) is 0 Å². The Kier molecular flexibility index (Phi) is 3.97. The summed E-state index contributed by atoms with van der Waals surface area (Å²) >= 11 is 1.82. The summed E-state index contributed by atoms with van der Waals surface area (Å²) in [6, 6.07) is 4.73. The number of aryl methyl sites for hydroxylation is 1. The molecule has 0 amide bonds. The number of nitrogens with one attached hydrogen (secondary N) is 1. The summed E-state index contributed by atoms with van der Waals surface area (Å²) in [4.78, 5) is 5.54. The van der Waals surface area contributed by atoms with E-state index in [0.717, 1.165) is 6.54 Å².